The molecule has 0 saturated carbocycles. The van der Waals surface area contributed by atoms with E-state index in [9.17, 15) is 0 Å². The molecule has 0 aliphatic carbocycles. The Morgan fingerprint density at radius 3 is 2.43 bits per heavy atom. The molecule has 0 aromatic heterocycles. The molecule has 0 bridgehead atoms. The first-order valence-electron chi connectivity index (χ1n) is 4.15. The second-order valence-corrected chi connectivity index (χ2v) is 4.13. The predicted octanol–water partition coefficient (Wildman–Crippen LogP) is 2.34. The molecule has 1 rings (SSSR count). The van der Waals surface area contributed by atoms with E-state index in [1.165, 1.54) is 11.8 Å². The fraction of sp³-hybridized carbons (Fsp3) is 0.300. The maximum atomic E-state index is 8.83. The van der Waals surface area contributed by atoms with Gasteiger partial charge in [0, 0.05) is 0 Å². The normalized spacial score (nSPS) is 9.86. The Kier molecular flexibility index (Phi) is 4.93. The fourth-order valence-electron chi connectivity index (χ4n) is 0.942. The standard InChI is InChI=1S/C10H12O2S2/c1-14-10(13)12-7-9-4-2-8(6-11)3-5-9/h2-5,11H,6-7H2,1H3. The fourth-order valence-corrected chi connectivity index (χ4v) is 1.18. The molecular weight excluding hydrogens is 216 g/mol. The van der Waals surface area contributed by atoms with Crippen molar-refractivity contribution < 1.29 is 9.84 Å². The summed E-state index contributed by atoms with van der Waals surface area (Å²) in [5.74, 6) is 0. The minimum Gasteiger partial charge on any atom is -0.474 e. The molecule has 76 valence electrons. The summed E-state index contributed by atoms with van der Waals surface area (Å²) in [6.45, 7) is 0.565. The average Bonchev–Trinajstić information content (AvgIpc) is 2.26. The summed E-state index contributed by atoms with van der Waals surface area (Å²) in [5.41, 5.74) is 1.96. The number of hydrogen-bond acceptors (Lipinski definition) is 4. The molecular formula is C10H12O2S2. The summed E-state index contributed by atoms with van der Waals surface area (Å²) in [6.07, 6.45) is 1.89. The van der Waals surface area contributed by atoms with Crippen molar-refractivity contribution in [3.8, 4) is 0 Å². The van der Waals surface area contributed by atoms with Gasteiger partial charge in [-0.3, -0.25) is 0 Å². The number of benzene rings is 1. The van der Waals surface area contributed by atoms with E-state index in [0.717, 1.165) is 11.1 Å². The molecule has 0 aliphatic rings. The molecule has 1 aromatic rings. The summed E-state index contributed by atoms with van der Waals surface area (Å²) in [7, 11) is 0. The van der Waals surface area contributed by atoms with Crippen LogP contribution in [0.1, 0.15) is 11.1 Å². The quantitative estimate of drug-likeness (QED) is 0.804. The molecule has 0 atom stereocenters. The largest absolute Gasteiger partial charge is 0.474 e. The lowest BCUT2D eigenvalue weighted by Gasteiger charge is -2.05. The van der Waals surface area contributed by atoms with E-state index >= 15 is 0 Å². The number of rotatable bonds is 3. The first kappa shape index (κ1) is 11.5. The monoisotopic (exact) mass is 228 g/mol. The third-order valence-electron chi connectivity index (χ3n) is 1.73. The minimum absolute atomic E-state index is 0.0738. The lowest BCUT2D eigenvalue weighted by molar-refractivity contribution is 0.281. The lowest BCUT2D eigenvalue weighted by atomic mass is 10.1. The van der Waals surface area contributed by atoms with Crippen LogP contribution in [0.4, 0.5) is 0 Å². The van der Waals surface area contributed by atoms with Crippen LogP contribution >= 0.6 is 24.0 Å². The summed E-state index contributed by atoms with van der Waals surface area (Å²) in [6, 6.07) is 7.60. The molecule has 14 heavy (non-hydrogen) atoms. The number of thiocarbonyl (C=S) groups is 1. The number of aliphatic hydroxyl groups is 1. The van der Waals surface area contributed by atoms with E-state index in [1.54, 1.807) is 0 Å². The van der Waals surface area contributed by atoms with Crippen molar-refractivity contribution in [3.05, 3.63) is 35.4 Å². The van der Waals surface area contributed by atoms with Crippen LogP contribution in [0.2, 0.25) is 0 Å². The van der Waals surface area contributed by atoms with Gasteiger partial charge in [0.05, 0.1) is 6.61 Å². The summed E-state index contributed by atoms with van der Waals surface area (Å²) < 4.78 is 5.83. The average molecular weight is 228 g/mol. The van der Waals surface area contributed by atoms with Crippen molar-refractivity contribution in [1.82, 2.24) is 0 Å². The molecule has 2 nitrogen and oxygen atoms in total. The Bertz CT molecular complexity index is 295. The zero-order valence-corrected chi connectivity index (χ0v) is 9.53. The van der Waals surface area contributed by atoms with Crippen molar-refractivity contribution in [2.24, 2.45) is 0 Å². The zero-order valence-electron chi connectivity index (χ0n) is 7.90. The van der Waals surface area contributed by atoms with Crippen molar-refractivity contribution in [2.75, 3.05) is 6.26 Å². The third-order valence-corrected chi connectivity index (χ3v) is 2.80. The molecule has 1 aromatic carbocycles. The summed E-state index contributed by atoms with van der Waals surface area (Å²) in [4.78, 5) is 0. The highest BCUT2D eigenvalue weighted by Gasteiger charge is 1.97. The van der Waals surface area contributed by atoms with Gasteiger partial charge in [-0.1, -0.05) is 36.0 Å². The maximum absolute atomic E-state index is 8.83. The van der Waals surface area contributed by atoms with Gasteiger partial charge in [-0.25, -0.2) is 0 Å². The molecule has 0 saturated heterocycles. The van der Waals surface area contributed by atoms with Crippen molar-refractivity contribution in [3.63, 3.8) is 0 Å². The highest BCUT2D eigenvalue weighted by Crippen LogP contribution is 2.08. The SMILES string of the molecule is CSC(=S)OCc1ccc(CO)cc1. The summed E-state index contributed by atoms with van der Waals surface area (Å²) >= 11 is 6.32. The molecule has 0 fully saturated rings. The van der Waals surface area contributed by atoms with E-state index in [4.69, 9.17) is 22.1 Å². The van der Waals surface area contributed by atoms with Gasteiger partial charge in [0.2, 0.25) is 4.38 Å². The van der Waals surface area contributed by atoms with Gasteiger partial charge in [-0.05, 0) is 29.6 Å². The molecule has 1 N–H and O–H groups in total. The molecule has 0 unspecified atom stereocenters. The van der Waals surface area contributed by atoms with Crippen LogP contribution in [-0.2, 0) is 18.0 Å². The van der Waals surface area contributed by atoms with E-state index < -0.39 is 0 Å². The Hall–Kier alpha value is -0.580. The molecule has 0 aliphatic heterocycles. The van der Waals surface area contributed by atoms with Crippen LogP contribution in [0.5, 0.6) is 0 Å². The number of ether oxygens (including phenoxy) is 1. The maximum Gasteiger partial charge on any atom is 0.220 e. The highest BCUT2D eigenvalue weighted by molar-refractivity contribution is 8.22. The number of hydrogen-bond donors (Lipinski definition) is 1. The summed E-state index contributed by atoms with van der Waals surface area (Å²) in [5, 5.41) is 8.83. The van der Waals surface area contributed by atoms with E-state index in [1.807, 2.05) is 30.5 Å². The van der Waals surface area contributed by atoms with Crippen molar-refractivity contribution >= 4 is 28.4 Å². The second-order valence-electron chi connectivity index (χ2n) is 2.72. The number of aliphatic hydroxyl groups excluding tert-OH is 1. The molecule has 0 radical (unpaired) electrons. The van der Waals surface area contributed by atoms with Crippen molar-refractivity contribution in [1.29, 1.82) is 0 Å². The Labute approximate surface area is 93.3 Å². The van der Waals surface area contributed by atoms with E-state index in [2.05, 4.69) is 0 Å². The van der Waals surface area contributed by atoms with Gasteiger partial charge < -0.3 is 9.84 Å². The predicted molar refractivity (Wildman–Crippen MR) is 63.3 cm³/mol. The Morgan fingerprint density at radius 2 is 1.93 bits per heavy atom. The molecule has 0 spiro atoms. The van der Waals surface area contributed by atoms with Gasteiger partial charge in [0.25, 0.3) is 0 Å². The van der Waals surface area contributed by atoms with Crippen LogP contribution in [0.3, 0.4) is 0 Å². The second kappa shape index (κ2) is 6.01. The zero-order chi connectivity index (χ0) is 10.4. The lowest BCUT2D eigenvalue weighted by Crippen LogP contribution is -1.97. The van der Waals surface area contributed by atoms with E-state index in [0.29, 0.717) is 11.0 Å². The van der Waals surface area contributed by atoms with Gasteiger partial charge in [-0.15, -0.1) is 0 Å². The van der Waals surface area contributed by atoms with Crippen LogP contribution in [-0.4, -0.2) is 15.7 Å². The van der Waals surface area contributed by atoms with E-state index in [-0.39, 0.29) is 6.61 Å². The first-order valence-corrected chi connectivity index (χ1v) is 5.79. The molecule has 4 heteroatoms. The Balaban J connectivity index is 2.47. The highest BCUT2D eigenvalue weighted by atomic mass is 32.2. The smallest absolute Gasteiger partial charge is 0.220 e. The van der Waals surface area contributed by atoms with Crippen LogP contribution in [0.25, 0.3) is 0 Å². The molecule has 0 amide bonds. The van der Waals surface area contributed by atoms with Crippen LogP contribution in [0.15, 0.2) is 24.3 Å². The topological polar surface area (TPSA) is 29.5 Å². The van der Waals surface area contributed by atoms with Gasteiger partial charge in [0.1, 0.15) is 6.61 Å². The molecule has 0 heterocycles. The van der Waals surface area contributed by atoms with Crippen LogP contribution in [0, 0.1) is 0 Å². The van der Waals surface area contributed by atoms with Crippen molar-refractivity contribution in [2.45, 2.75) is 13.2 Å². The first-order chi connectivity index (χ1) is 6.76. The van der Waals surface area contributed by atoms with Gasteiger partial charge in [0.15, 0.2) is 0 Å². The Morgan fingerprint density at radius 1 is 1.36 bits per heavy atom. The van der Waals surface area contributed by atoms with Gasteiger partial charge >= 0.3 is 0 Å². The third kappa shape index (κ3) is 3.65. The minimum atomic E-state index is 0.0738. The number of thioether (sulfide) groups is 1. The van der Waals surface area contributed by atoms with Crippen LogP contribution < -0.4 is 0 Å². The van der Waals surface area contributed by atoms with Gasteiger partial charge in [-0.2, -0.15) is 0 Å².